The molecule has 0 unspecified atom stereocenters. The molecule has 80 valence electrons. The Kier molecular flexibility index (Phi) is 2.62. The molecule has 3 nitrogen and oxygen atoms in total. The van der Waals surface area contributed by atoms with Gasteiger partial charge in [-0.05, 0) is 30.2 Å². The van der Waals surface area contributed by atoms with Gasteiger partial charge in [0.2, 0.25) is 5.91 Å². The molecule has 0 saturated carbocycles. The Balaban J connectivity index is 2.32. The monoisotopic (exact) mass is 205 g/mol. The van der Waals surface area contributed by atoms with Crippen molar-refractivity contribution in [2.45, 2.75) is 19.8 Å². The lowest BCUT2D eigenvalue weighted by Gasteiger charge is -2.16. The van der Waals surface area contributed by atoms with E-state index in [2.05, 4.69) is 0 Å². The normalized spacial score (nSPS) is 13.9. The zero-order valence-electron chi connectivity index (χ0n) is 9.12. The van der Waals surface area contributed by atoms with Gasteiger partial charge in [0.05, 0.1) is 7.11 Å². The Hall–Kier alpha value is -1.51. The van der Waals surface area contributed by atoms with Gasteiger partial charge in [0.1, 0.15) is 5.75 Å². The molecule has 3 heteroatoms. The number of rotatable bonds is 2. The largest absolute Gasteiger partial charge is 0.497 e. The van der Waals surface area contributed by atoms with Crippen molar-refractivity contribution >= 4 is 11.6 Å². The van der Waals surface area contributed by atoms with Gasteiger partial charge in [-0.2, -0.15) is 0 Å². The molecule has 1 heterocycles. The number of nitrogens with zero attached hydrogens (tertiary/aromatic N) is 1. The molecule has 0 spiro atoms. The summed E-state index contributed by atoms with van der Waals surface area (Å²) in [6, 6.07) is 5.88. The molecular formula is C12H15NO2. The highest BCUT2D eigenvalue weighted by atomic mass is 16.5. The van der Waals surface area contributed by atoms with Crippen molar-refractivity contribution in [1.82, 2.24) is 0 Å². The molecule has 0 radical (unpaired) electrons. The van der Waals surface area contributed by atoms with Crippen molar-refractivity contribution in [1.29, 1.82) is 0 Å². The van der Waals surface area contributed by atoms with Crippen LogP contribution in [0.1, 0.15) is 18.9 Å². The number of hydrogen-bond acceptors (Lipinski definition) is 2. The predicted molar refractivity (Wildman–Crippen MR) is 59.3 cm³/mol. The van der Waals surface area contributed by atoms with Crippen LogP contribution in [0.3, 0.4) is 0 Å². The third-order valence-corrected chi connectivity index (χ3v) is 2.79. The molecule has 1 aromatic carbocycles. The fourth-order valence-electron chi connectivity index (χ4n) is 1.96. The van der Waals surface area contributed by atoms with Crippen molar-refractivity contribution in [2.75, 3.05) is 18.6 Å². The molecule has 1 aliphatic rings. The van der Waals surface area contributed by atoms with E-state index in [9.17, 15) is 4.79 Å². The second-order valence-corrected chi connectivity index (χ2v) is 3.64. The van der Waals surface area contributed by atoms with Gasteiger partial charge in [-0.3, -0.25) is 4.79 Å². The molecular weight excluding hydrogens is 190 g/mol. The summed E-state index contributed by atoms with van der Waals surface area (Å²) in [5, 5.41) is 0. The van der Waals surface area contributed by atoms with Crippen molar-refractivity contribution in [3.8, 4) is 5.75 Å². The first-order valence-corrected chi connectivity index (χ1v) is 5.23. The third kappa shape index (κ3) is 1.69. The minimum atomic E-state index is 0.193. The Morgan fingerprint density at radius 2 is 2.33 bits per heavy atom. The first kappa shape index (κ1) is 10.0. The first-order valence-electron chi connectivity index (χ1n) is 5.23. The maximum Gasteiger partial charge on any atom is 0.226 e. The second-order valence-electron chi connectivity index (χ2n) is 3.64. The number of fused-ring (bicyclic) bond motifs is 1. The van der Waals surface area contributed by atoms with Crippen molar-refractivity contribution in [2.24, 2.45) is 0 Å². The van der Waals surface area contributed by atoms with E-state index in [0.29, 0.717) is 6.42 Å². The fourth-order valence-corrected chi connectivity index (χ4v) is 1.96. The molecule has 1 aliphatic heterocycles. The smallest absolute Gasteiger partial charge is 0.226 e. The molecule has 2 rings (SSSR count). The molecule has 1 amide bonds. The van der Waals surface area contributed by atoms with Crippen LogP contribution in [0, 0.1) is 0 Å². The van der Waals surface area contributed by atoms with Gasteiger partial charge < -0.3 is 9.64 Å². The number of benzene rings is 1. The number of carbonyl (C=O) groups is 1. The number of carbonyl (C=O) groups excluding carboxylic acids is 1. The van der Waals surface area contributed by atoms with Crippen molar-refractivity contribution in [3.63, 3.8) is 0 Å². The van der Waals surface area contributed by atoms with E-state index in [1.807, 2.05) is 30.0 Å². The van der Waals surface area contributed by atoms with Gasteiger partial charge in [0, 0.05) is 18.7 Å². The van der Waals surface area contributed by atoms with Crippen LogP contribution in [-0.2, 0) is 11.2 Å². The number of methoxy groups -OCH3 is 1. The molecule has 0 saturated heterocycles. The van der Waals surface area contributed by atoms with Crippen LogP contribution in [0.15, 0.2) is 18.2 Å². The van der Waals surface area contributed by atoms with Gasteiger partial charge in [-0.15, -0.1) is 0 Å². The highest BCUT2D eigenvalue weighted by Gasteiger charge is 2.23. The zero-order chi connectivity index (χ0) is 10.8. The van der Waals surface area contributed by atoms with E-state index in [4.69, 9.17) is 4.74 Å². The number of ether oxygens (including phenoxy) is 1. The Morgan fingerprint density at radius 3 is 3.00 bits per heavy atom. The average molecular weight is 205 g/mol. The van der Waals surface area contributed by atoms with Gasteiger partial charge in [-0.25, -0.2) is 0 Å². The van der Waals surface area contributed by atoms with Crippen LogP contribution in [0.2, 0.25) is 0 Å². The van der Waals surface area contributed by atoms with Gasteiger partial charge in [0.25, 0.3) is 0 Å². The minimum Gasteiger partial charge on any atom is -0.497 e. The molecule has 15 heavy (non-hydrogen) atoms. The van der Waals surface area contributed by atoms with E-state index < -0.39 is 0 Å². The fraction of sp³-hybridized carbons (Fsp3) is 0.417. The summed E-state index contributed by atoms with van der Waals surface area (Å²) >= 11 is 0. The van der Waals surface area contributed by atoms with Crippen LogP contribution >= 0.6 is 0 Å². The Morgan fingerprint density at radius 1 is 1.53 bits per heavy atom. The van der Waals surface area contributed by atoms with E-state index >= 15 is 0 Å². The van der Waals surface area contributed by atoms with Crippen LogP contribution in [-0.4, -0.2) is 19.6 Å². The van der Waals surface area contributed by atoms with Crippen LogP contribution in [0.5, 0.6) is 5.75 Å². The van der Waals surface area contributed by atoms with Crippen molar-refractivity contribution < 1.29 is 9.53 Å². The third-order valence-electron chi connectivity index (χ3n) is 2.79. The second kappa shape index (κ2) is 3.93. The number of amides is 1. The van der Waals surface area contributed by atoms with E-state index in [1.54, 1.807) is 7.11 Å². The summed E-state index contributed by atoms with van der Waals surface area (Å²) in [5.41, 5.74) is 2.25. The predicted octanol–water partition coefficient (Wildman–Crippen LogP) is 1.99. The quantitative estimate of drug-likeness (QED) is 0.739. The van der Waals surface area contributed by atoms with Crippen LogP contribution < -0.4 is 9.64 Å². The van der Waals surface area contributed by atoms with E-state index in [1.165, 1.54) is 5.56 Å². The summed E-state index contributed by atoms with van der Waals surface area (Å²) in [6.07, 6.45) is 1.49. The molecule has 0 aromatic heterocycles. The summed E-state index contributed by atoms with van der Waals surface area (Å²) in [7, 11) is 1.66. The molecule has 0 bridgehead atoms. The average Bonchev–Trinajstić information content (AvgIpc) is 2.70. The highest BCUT2D eigenvalue weighted by Crippen LogP contribution is 2.31. The standard InChI is InChI=1S/C12H15NO2/c1-3-12(14)13-7-6-9-8-10(15-2)4-5-11(9)13/h4-5,8H,3,6-7H2,1-2H3. The summed E-state index contributed by atoms with van der Waals surface area (Å²) < 4.78 is 5.16. The van der Waals surface area contributed by atoms with Gasteiger partial charge in [0.15, 0.2) is 0 Å². The topological polar surface area (TPSA) is 29.5 Å². The number of hydrogen-bond donors (Lipinski definition) is 0. The molecule has 0 fully saturated rings. The summed E-state index contributed by atoms with van der Waals surface area (Å²) in [6.45, 7) is 2.69. The molecule has 0 N–H and O–H groups in total. The van der Waals surface area contributed by atoms with E-state index in [0.717, 1.165) is 24.4 Å². The summed E-state index contributed by atoms with van der Waals surface area (Å²) in [5.74, 6) is 1.05. The van der Waals surface area contributed by atoms with Gasteiger partial charge >= 0.3 is 0 Å². The maximum absolute atomic E-state index is 11.6. The lowest BCUT2D eigenvalue weighted by atomic mass is 10.1. The van der Waals surface area contributed by atoms with Crippen LogP contribution in [0.4, 0.5) is 5.69 Å². The zero-order valence-corrected chi connectivity index (χ0v) is 9.12. The summed E-state index contributed by atoms with van der Waals surface area (Å²) in [4.78, 5) is 13.5. The lowest BCUT2D eigenvalue weighted by molar-refractivity contribution is -0.118. The SMILES string of the molecule is CCC(=O)N1CCc2cc(OC)ccc21. The number of anilines is 1. The lowest BCUT2D eigenvalue weighted by Crippen LogP contribution is -2.27. The maximum atomic E-state index is 11.6. The molecule has 1 aromatic rings. The minimum absolute atomic E-state index is 0.193. The Bertz CT molecular complexity index is 387. The molecule has 0 aliphatic carbocycles. The first-order chi connectivity index (χ1) is 7.26. The Labute approximate surface area is 89.7 Å². The van der Waals surface area contributed by atoms with Gasteiger partial charge in [-0.1, -0.05) is 6.92 Å². The molecule has 0 atom stereocenters. The van der Waals surface area contributed by atoms with Crippen LogP contribution in [0.25, 0.3) is 0 Å². The van der Waals surface area contributed by atoms with Crippen molar-refractivity contribution in [3.05, 3.63) is 23.8 Å². The van der Waals surface area contributed by atoms with E-state index in [-0.39, 0.29) is 5.91 Å². The highest BCUT2D eigenvalue weighted by molar-refractivity contribution is 5.95.